The van der Waals surface area contributed by atoms with E-state index in [1.54, 1.807) is 36.7 Å². The summed E-state index contributed by atoms with van der Waals surface area (Å²) in [5, 5.41) is 0. The van der Waals surface area contributed by atoms with Crippen LogP contribution in [0.5, 0.6) is 6.01 Å². The zero-order valence-corrected chi connectivity index (χ0v) is 29.9. The van der Waals surface area contributed by atoms with E-state index in [9.17, 15) is 14.2 Å². The molecule has 3 aromatic heterocycles. The lowest BCUT2D eigenvalue weighted by Crippen LogP contribution is -2.52. The van der Waals surface area contributed by atoms with E-state index in [0.29, 0.717) is 60.9 Å². The molecule has 5 aromatic rings. The Morgan fingerprint density at radius 2 is 1.68 bits per heavy atom. The van der Waals surface area contributed by atoms with Crippen molar-refractivity contribution in [2.24, 2.45) is 7.05 Å². The highest BCUT2D eigenvalue weighted by molar-refractivity contribution is 7.46. The van der Waals surface area contributed by atoms with Gasteiger partial charge in [-0.25, -0.2) is 18.9 Å². The standard InChI is InChI=1S/C37H37FN7O7P/c1-24-32(36(47)45(28-9-11-39-12-10-28)30-20-40-37(41-21-30)52-53(48,49)50)19-34(42(24)2)33-18-27(38)7-8-31(33)35(46)44-22-26-6-4-3-5-25(26)17-29(44)23-43-13-15-51-16-14-43/h3-12,18-21,29H,13-17,22-23H2,1-2H3,(H2,48,49,50)/t29-/m0/s1. The molecular weight excluding hydrogens is 704 g/mol. The minimum atomic E-state index is -4.92. The van der Waals surface area contributed by atoms with Crippen molar-refractivity contribution >= 4 is 31.0 Å². The van der Waals surface area contributed by atoms with Gasteiger partial charge in [0.05, 0.1) is 42.5 Å². The lowest BCUT2D eigenvalue weighted by Gasteiger charge is -2.40. The molecule has 53 heavy (non-hydrogen) atoms. The maximum atomic E-state index is 15.1. The molecule has 0 saturated carbocycles. The van der Waals surface area contributed by atoms with Crippen molar-refractivity contribution in [1.29, 1.82) is 0 Å². The zero-order chi connectivity index (χ0) is 37.3. The molecule has 14 nitrogen and oxygen atoms in total. The molecule has 0 aliphatic carbocycles. The van der Waals surface area contributed by atoms with Gasteiger partial charge >= 0.3 is 13.8 Å². The molecule has 2 aliphatic heterocycles. The Hall–Kier alpha value is -5.31. The Kier molecular flexibility index (Phi) is 10.2. The van der Waals surface area contributed by atoms with E-state index in [2.05, 4.69) is 30.4 Å². The quantitative estimate of drug-likeness (QED) is 0.202. The number of pyridine rings is 1. The van der Waals surface area contributed by atoms with Gasteiger partial charge in [0.15, 0.2) is 0 Å². The first-order valence-corrected chi connectivity index (χ1v) is 18.5. The van der Waals surface area contributed by atoms with Gasteiger partial charge in [0, 0.05) is 74.2 Å². The normalized spacial score (nSPS) is 16.2. The Morgan fingerprint density at radius 3 is 2.38 bits per heavy atom. The van der Waals surface area contributed by atoms with Crippen molar-refractivity contribution in [2.75, 3.05) is 37.7 Å². The van der Waals surface area contributed by atoms with Crippen LogP contribution in [0.25, 0.3) is 11.3 Å². The van der Waals surface area contributed by atoms with E-state index in [4.69, 9.17) is 14.5 Å². The number of phosphoric acid groups is 1. The molecule has 274 valence electrons. The first kappa shape index (κ1) is 36.1. The minimum absolute atomic E-state index is 0.129. The number of ether oxygens (including phenoxy) is 1. The van der Waals surface area contributed by atoms with Crippen LogP contribution < -0.4 is 9.42 Å². The van der Waals surface area contributed by atoms with Crippen molar-refractivity contribution in [1.82, 2.24) is 29.3 Å². The zero-order valence-electron chi connectivity index (χ0n) is 29.0. The summed E-state index contributed by atoms with van der Waals surface area (Å²) < 4.78 is 38.2. The van der Waals surface area contributed by atoms with Crippen molar-refractivity contribution in [3.05, 3.63) is 119 Å². The van der Waals surface area contributed by atoms with E-state index in [-0.39, 0.29) is 23.2 Å². The van der Waals surface area contributed by atoms with Crippen molar-refractivity contribution in [3.63, 3.8) is 0 Å². The number of fused-ring (bicyclic) bond motifs is 1. The molecule has 0 radical (unpaired) electrons. The summed E-state index contributed by atoms with van der Waals surface area (Å²) in [6.07, 6.45) is 6.08. The molecule has 7 rings (SSSR count). The van der Waals surface area contributed by atoms with Crippen LogP contribution >= 0.6 is 7.82 Å². The third kappa shape index (κ3) is 7.75. The second kappa shape index (κ2) is 15.0. The van der Waals surface area contributed by atoms with Gasteiger partial charge in [0.25, 0.3) is 11.8 Å². The third-order valence-corrected chi connectivity index (χ3v) is 10.0. The molecule has 0 unspecified atom stereocenters. The van der Waals surface area contributed by atoms with Crippen LogP contribution in [0, 0.1) is 12.7 Å². The number of nitrogens with zero attached hydrogens (tertiary/aromatic N) is 7. The second-order valence-electron chi connectivity index (χ2n) is 12.9. The van der Waals surface area contributed by atoms with Crippen LogP contribution in [0.4, 0.5) is 15.8 Å². The number of rotatable bonds is 9. The van der Waals surface area contributed by atoms with Crippen molar-refractivity contribution in [2.45, 2.75) is 25.9 Å². The summed E-state index contributed by atoms with van der Waals surface area (Å²) in [5.74, 6) is -1.29. The van der Waals surface area contributed by atoms with Crippen molar-refractivity contribution < 1.29 is 37.6 Å². The summed E-state index contributed by atoms with van der Waals surface area (Å²) in [4.78, 5) is 64.8. The number of carbonyl (C=O) groups is 2. The number of benzene rings is 2. The van der Waals surface area contributed by atoms with Gasteiger partial charge in [-0.3, -0.25) is 34.2 Å². The van der Waals surface area contributed by atoms with Gasteiger partial charge in [-0.15, -0.1) is 0 Å². The molecule has 1 saturated heterocycles. The highest BCUT2D eigenvalue weighted by Gasteiger charge is 2.34. The fraction of sp³-hybridized carbons (Fsp3) is 0.270. The smallest absolute Gasteiger partial charge is 0.379 e. The van der Waals surface area contributed by atoms with E-state index < -0.39 is 25.6 Å². The molecule has 2 amide bonds. The van der Waals surface area contributed by atoms with Crippen LogP contribution in [0.15, 0.2) is 85.5 Å². The average Bonchev–Trinajstić information content (AvgIpc) is 3.45. The molecule has 0 bridgehead atoms. The number of hydrogen-bond donors (Lipinski definition) is 2. The average molecular weight is 742 g/mol. The highest BCUT2D eigenvalue weighted by atomic mass is 31.2. The second-order valence-corrected chi connectivity index (χ2v) is 14.1. The summed E-state index contributed by atoms with van der Waals surface area (Å²) in [5.41, 5.74) is 4.70. The van der Waals surface area contributed by atoms with Gasteiger partial charge in [0.1, 0.15) is 5.82 Å². The Bertz CT molecular complexity index is 2190. The van der Waals surface area contributed by atoms with E-state index >= 15 is 4.39 Å². The largest absolute Gasteiger partial charge is 0.527 e. The molecule has 2 aromatic carbocycles. The summed E-state index contributed by atoms with van der Waals surface area (Å²) in [6.45, 7) is 5.63. The number of hydrogen-bond acceptors (Lipinski definition) is 9. The van der Waals surface area contributed by atoms with Crippen molar-refractivity contribution in [3.8, 4) is 17.3 Å². The predicted molar refractivity (Wildman–Crippen MR) is 192 cm³/mol. The van der Waals surface area contributed by atoms with Crippen LogP contribution in [0.3, 0.4) is 0 Å². The molecule has 2 N–H and O–H groups in total. The number of halogens is 1. The monoisotopic (exact) mass is 741 g/mol. The summed E-state index contributed by atoms with van der Waals surface area (Å²) >= 11 is 0. The number of aromatic nitrogens is 4. The fourth-order valence-corrected chi connectivity index (χ4v) is 7.20. The van der Waals surface area contributed by atoms with Crippen LogP contribution in [0.2, 0.25) is 0 Å². The predicted octanol–water partition coefficient (Wildman–Crippen LogP) is 4.67. The van der Waals surface area contributed by atoms with Gasteiger partial charge in [0.2, 0.25) is 0 Å². The molecule has 1 atom stereocenters. The number of carbonyl (C=O) groups excluding carboxylic acids is 2. The van der Waals surface area contributed by atoms with Crippen LogP contribution in [-0.4, -0.2) is 89.8 Å². The maximum absolute atomic E-state index is 15.1. The molecule has 16 heteroatoms. The number of morpholine rings is 1. The molecule has 0 spiro atoms. The highest BCUT2D eigenvalue weighted by Crippen LogP contribution is 2.37. The summed E-state index contributed by atoms with van der Waals surface area (Å²) in [7, 11) is -3.17. The Morgan fingerprint density at radius 1 is 0.981 bits per heavy atom. The first-order chi connectivity index (χ1) is 25.5. The lowest BCUT2D eigenvalue weighted by atomic mass is 9.92. The van der Waals surface area contributed by atoms with Gasteiger partial charge in [-0.1, -0.05) is 24.3 Å². The first-order valence-electron chi connectivity index (χ1n) is 16.9. The molecule has 1 fully saturated rings. The number of anilines is 2. The lowest BCUT2D eigenvalue weighted by molar-refractivity contribution is 0.0193. The number of amides is 2. The topological polar surface area (TPSA) is 163 Å². The van der Waals surface area contributed by atoms with Gasteiger partial charge in [-0.2, -0.15) is 0 Å². The summed E-state index contributed by atoms with van der Waals surface area (Å²) in [6, 6.07) is 16.3. The Balaban J connectivity index is 1.25. The fourth-order valence-electron chi connectivity index (χ4n) is 6.89. The Labute approximate surface area is 304 Å². The van der Waals surface area contributed by atoms with E-state index in [1.165, 1.54) is 53.4 Å². The minimum Gasteiger partial charge on any atom is -0.379 e. The van der Waals surface area contributed by atoms with Gasteiger partial charge < -0.3 is 18.7 Å². The van der Waals surface area contributed by atoms with Gasteiger partial charge in [-0.05, 0) is 60.9 Å². The van der Waals surface area contributed by atoms with Crippen LogP contribution in [-0.2, 0) is 29.3 Å². The van der Waals surface area contributed by atoms with E-state index in [0.717, 1.165) is 18.7 Å². The maximum Gasteiger partial charge on any atom is 0.527 e. The third-order valence-electron chi connectivity index (χ3n) is 9.64. The molecule has 5 heterocycles. The SMILES string of the molecule is Cc1c(C(=O)N(c2ccncc2)c2cnc(OP(=O)(O)O)nc2)cc(-c2cc(F)ccc2C(=O)N2Cc3ccccc3C[C@H]2CN2CCOCC2)n1C. The molecule has 2 aliphatic rings. The molecular formula is C37H37FN7O7P. The number of phosphoric ester groups is 1. The van der Waals surface area contributed by atoms with E-state index in [1.807, 2.05) is 23.1 Å². The van der Waals surface area contributed by atoms with Crippen LogP contribution in [0.1, 0.15) is 37.5 Å².